The van der Waals surface area contributed by atoms with Crippen LogP contribution in [0.1, 0.15) is 29.3 Å². The highest BCUT2D eigenvalue weighted by atomic mass is 19.4. The summed E-state index contributed by atoms with van der Waals surface area (Å²) in [6.45, 7) is 5.01. The highest BCUT2D eigenvalue weighted by Gasteiger charge is 2.47. The van der Waals surface area contributed by atoms with Crippen LogP contribution in [-0.4, -0.2) is 76.6 Å². The Morgan fingerprint density at radius 2 is 1.61 bits per heavy atom. The summed E-state index contributed by atoms with van der Waals surface area (Å²) in [4.78, 5) is 50.3. The van der Waals surface area contributed by atoms with Crippen LogP contribution in [0, 0.1) is 5.82 Å². The zero-order valence-electron chi connectivity index (χ0n) is 22.1. The number of rotatable bonds is 4. The number of carboxylic acid groups (broad SMARTS) is 1. The molecular weight excluding hydrogens is 548 g/mol. The lowest BCUT2D eigenvalue weighted by Gasteiger charge is -2.41. The van der Waals surface area contributed by atoms with E-state index in [-0.39, 0.29) is 28.3 Å². The number of carbonyl (C=O) groups is 3. The second kappa shape index (κ2) is 11.7. The quantitative estimate of drug-likeness (QED) is 0.454. The monoisotopic (exact) mass is 576 g/mol. The van der Waals surface area contributed by atoms with Crippen molar-refractivity contribution in [1.82, 2.24) is 14.4 Å². The number of pyridine rings is 1. The molecule has 5 rings (SSSR count). The number of alkyl halides is 3. The number of halogens is 4. The fraction of sp³-hybridized carbons (Fsp3) is 0.357. The van der Waals surface area contributed by atoms with E-state index in [2.05, 4.69) is 5.32 Å². The molecule has 1 atom stereocenters. The second-order valence-electron chi connectivity index (χ2n) is 10.2. The summed E-state index contributed by atoms with van der Waals surface area (Å²) in [5.41, 5.74) is 1.15. The van der Waals surface area contributed by atoms with Crippen molar-refractivity contribution in [2.75, 3.05) is 32.7 Å². The molecule has 41 heavy (non-hydrogen) atoms. The number of nitrogens with two attached hydrogens (primary N) is 1. The number of fused-ring (bicyclic) bond motifs is 1. The van der Waals surface area contributed by atoms with Crippen molar-refractivity contribution in [3.8, 4) is 0 Å². The minimum Gasteiger partial charge on any atom is -0.542 e. The molecule has 0 spiro atoms. The van der Waals surface area contributed by atoms with Crippen LogP contribution < -0.4 is 15.9 Å². The maximum Gasteiger partial charge on any atom is 0.430 e. The van der Waals surface area contributed by atoms with Gasteiger partial charge in [0.2, 0.25) is 0 Å². The summed E-state index contributed by atoms with van der Waals surface area (Å²) < 4.78 is 48.1. The van der Waals surface area contributed by atoms with E-state index < -0.39 is 18.0 Å². The third kappa shape index (κ3) is 6.56. The molecule has 3 heterocycles. The first-order chi connectivity index (χ1) is 19.3. The molecule has 0 aliphatic carbocycles. The van der Waals surface area contributed by atoms with Gasteiger partial charge in [-0.3, -0.25) is 14.4 Å². The Hall–Kier alpha value is -4.26. The number of piperazine rings is 1. The van der Waals surface area contributed by atoms with E-state index in [1.165, 1.54) is 12.1 Å². The summed E-state index contributed by atoms with van der Waals surface area (Å²) >= 11 is 0. The van der Waals surface area contributed by atoms with Crippen molar-refractivity contribution in [2.45, 2.75) is 31.6 Å². The van der Waals surface area contributed by atoms with Crippen molar-refractivity contribution in [3.63, 3.8) is 0 Å². The van der Waals surface area contributed by atoms with E-state index in [4.69, 9.17) is 9.90 Å². The third-order valence-electron chi connectivity index (χ3n) is 7.33. The highest BCUT2D eigenvalue weighted by molar-refractivity contribution is 5.95. The fourth-order valence-electron chi connectivity index (χ4n) is 4.85. The van der Waals surface area contributed by atoms with Crippen LogP contribution >= 0.6 is 0 Å². The molecule has 218 valence electrons. The van der Waals surface area contributed by atoms with Crippen LogP contribution in [0.2, 0.25) is 0 Å². The number of amides is 2. The van der Waals surface area contributed by atoms with Crippen molar-refractivity contribution in [1.29, 1.82) is 0 Å². The topological polar surface area (TPSA) is 119 Å². The lowest BCUT2D eigenvalue weighted by molar-refractivity contribution is -0.765. The average Bonchev–Trinajstić information content (AvgIpc) is 2.93. The van der Waals surface area contributed by atoms with Gasteiger partial charge in [-0.2, -0.15) is 13.2 Å². The zero-order valence-corrected chi connectivity index (χ0v) is 22.1. The molecule has 9 nitrogen and oxygen atoms in total. The van der Waals surface area contributed by atoms with Crippen molar-refractivity contribution in [2.24, 2.45) is 0 Å². The van der Waals surface area contributed by atoms with Gasteiger partial charge in [0.25, 0.3) is 11.8 Å². The molecule has 0 bridgehead atoms. The predicted octanol–water partition coefficient (Wildman–Crippen LogP) is 0.498. The maximum absolute atomic E-state index is 14.7. The Balaban J connectivity index is 0.000000493. The van der Waals surface area contributed by atoms with Gasteiger partial charge in [0.05, 0.1) is 24.0 Å². The van der Waals surface area contributed by atoms with Crippen LogP contribution in [0.3, 0.4) is 0 Å². The molecule has 1 aromatic heterocycles. The summed E-state index contributed by atoms with van der Waals surface area (Å²) in [7, 11) is 0. The Bertz CT molecular complexity index is 1530. The third-order valence-corrected chi connectivity index (χ3v) is 7.33. The molecule has 2 aromatic carbocycles. The second-order valence-corrected chi connectivity index (χ2v) is 10.2. The normalized spacial score (nSPS) is 18.8. The molecule has 2 aliphatic rings. The first kappa shape index (κ1) is 29.7. The molecule has 3 aromatic rings. The number of benzene rings is 2. The number of quaternary nitrogens is 1. The van der Waals surface area contributed by atoms with Gasteiger partial charge in [0.15, 0.2) is 11.0 Å². The van der Waals surface area contributed by atoms with Crippen molar-refractivity contribution in [3.05, 3.63) is 81.9 Å². The Morgan fingerprint density at radius 3 is 2.20 bits per heavy atom. The zero-order chi connectivity index (χ0) is 29.9. The van der Waals surface area contributed by atoms with Crippen LogP contribution in [0.5, 0.6) is 0 Å². The van der Waals surface area contributed by atoms with Crippen LogP contribution in [-0.2, 0) is 16.1 Å². The number of hydrogen-bond acceptors (Lipinski definition) is 5. The molecule has 2 fully saturated rings. The number of aromatic nitrogens is 1. The Labute approximate surface area is 232 Å². The number of para-hydroxylation sites is 1. The number of carboxylic acids is 1. The standard InChI is InChI=1S/C26H27FN4O3.C2HF3O2/c1-26(9-10-28-26)25(34)30-14-12-29(13-15-30)24(33)20-16-18(6-7-21(20)27)17-31-11-8-23(32)19-4-2-3-5-22(19)31;3-2(4,5)1(6)7/h2-8,11,16,28H,9-10,12-15,17H2,1H3;(H,6,7)/t26-;/m1./s1. The molecule has 0 unspecified atom stereocenters. The van der Waals surface area contributed by atoms with Crippen LogP contribution in [0.25, 0.3) is 10.9 Å². The van der Waals surface area contributed by atoms with Gasteiger partial charge in [-0.15, -0.1) is 0 Å². The SMILES string of the molecule is C[C@]1(C(=O)N2CCN(C(=O)c3cc(Cn4ccc(=O)c5ccccc54)ccc3F)CC2)CC[NH2+]1.O=C([O-])C(F)(F)F. The van der Waals surface area contributed by atoms with Gasteiger partial charge < -0.3 is 29.6 Å². The van der Waals surface area contributed by atoms with Crippen LogP contribution in [0.4, 0.5) is 17.6 Å². The first-order valence-corrected chi connectivity index (χ1v) is 12.9. The van der Waals surface area contributed by atoms with Gasteiger partial charge in [-0.1, -0.05) is 18.2 Å². The van der Waals surface area contributed by atoms with Gasteiger partial charge in [-0.25, -0.2) is 4.39 Å². The van der Waals surface area contributed by atoms with E-state index in [0.29, 0.717) is 38.1 Å². The van der Waals surface area contributed by atoms with Gasteiger partial charge >= 0.3 is 6.18 Å². The van der Waals surface area contributed by atoms with Gasteiger partial charge in [-0.05, 0) is 29.8 Å². The largest absolute Gasteiger partial charge is 0.542 e. The minimum atomic E-state index is -5.19. The minimum absolute atomic E-state index is 0.0296. The van der Waals surface area contributed by atoms with Crippen LogP contribution in [0.15, 0.2) is 59.5 Å². The number of hydrogen-bond donors (Lipinski definition) is 1. The molecule has 0 radical (unpaired) electrons. The van der Waals surface area contributed by atoms with E-state index in [0.717, 1.165) is 24.0 Å². The van der Waals surface area contributed by atoms with E-state index >= 15 is 0 Å². The molecule has 2 saturated heterocycles. The average molecular weight is 577 g/mol. The van der Waals surface area contributed by atoms with Crippen molar-refractivity contribution >= 4 is 28.7 Å². The summed E-state index contributed by atoms with van der Waals surface area (Å²) in [5.74, 6) is -3.81. The Morgan fingerprint density at radius 1 is 1.00 bits per heavy atom. The predicted molar refractivity (Wildman–Crippen MR) is 137 cm³/mol. The molecule has 2 N–H and O–H groups in total. The van der Waals surface area contributed by atoms with Gasteiger partial charge in [0, 0.05) is 57.3 Å². The van der Waals surface area contributed by atoms with E-state index in [9.17, 15) is 31.9 Å². The van der Waals surface area contributed by atoms with Gasteiger partial charge in [0.1, 0.15) is 11.8 Å². The summed E-state index contributed by atoms with van der Waals surface area (Å²) in [6, 6.07) is 13.4. The number of nitrogens with zero attached hydrogens (tertiary/aromatic N) is 3. The highest BCUT2D eigenvalue weighted by Crippen LogP contribution is 2.20. The molecule has 13 heteroatoms. The Kier molecular flexibility index (Phi) is 8.47. The number of carbonyl (C=O) groups excluding carboxylic acids is 3. The molecule has 0 saturated carbocycles. The fourth-order valence-corrected chi connectivity index (χ4v) is 4.85. The molecular formula is C28H28F4N4O5. The summed E-state index contributed by atoms with van der Waals surface area (Å²) in [6.07, 6.45) is -2.61. The lowest BCUT2D eigenvalue weighted by Crippen LogP contribution is -3.07. The maximum atomic E-state index is 14.7. The lowest BCUT2D eigenvalue weighted by atomic mass is 9.88. The van der Waals surface area contributed by atoms with E-state index in [1.807, 2.05) is 34.6 Å². The van der Waals surface area contributed by atoms with Crippen molar-refractivity contribution < 1.29 is 42.4 Å². The summed E-state index contributed by atoms with van der Waals surface area (Å²) in [5, 5.41) is 11.5. The molecule has 2 aliphatic heterocycles. The smallest absolute Gasteiger partial charge is 0.430 e. The first-order valence-electron chi connectivity index (χ1n) is 12.9. The van der Waals surface area contributed by atoms with E-state index in [1.54, 1.807) is 29.3 Å². The molecule has 2 amide bonds. The number of aliphatic carboxylic acids is 1.